The minimum absolute atomic E-state index is 0.463. The second kappa shape index (κ2) is 13.7. The average molecular weight is 498 g/mol. The van der Waals surface area contributed by atoms with Crippen LogP contribution < -0.4 is 21.2 Å². The Kier molecular flexibility index (Phi) is 10.1. The van der Waals surface area contributed by atoms with Crippen molar-refractivity contribution in [3.63, 3.8) is 0 Å². The Morgan fingerprint density at radius 2 is 0.857 bits per heavy atom. The molecule has 0 saturated heterocycles. The Labute approximate surface area is 214 Å². The quantitative estimate of drug-likeness (QED) is 0.143. The molecule has 0 radical (unpaired) electrons. The number of rotatable bonds is 12. The van der Waals surface area contributed by atoms with Gasteiger partial charge in [0, 0.05) is 22.2 Å². The summed E-state index contributed by atoms with van der Waals surface area (Å²) in [5.74, 6) is 0. The molecule has 4 aromatic carbocycles. The molecule has 4 rings (SSSR count). The number of hydrogen-bond acceptors (Lipinski definition) is 1. The zero-order valence-electron chi connectivity index (χ0n) is 21.0. The van der Waals surface area contributed by atoms with Gasteiger partial charge in [-0.15, -0.1) is 0 Å². The molecule has 0 saturated carbocycles. The van der Waals surface area contributed by atoms with E-state index in [0.29, 0.717) is 6.04 Å². The zero-order valence-corrected chi connectivity index (χ0v) is 22.8. The molecule has 0 aliphatic carbocycles. The number of hydrogen-bond donors (Lipinski definition) is 0. The molecule has 35 heavy (non-hydrogen) atoms. The minimum Gasteiger partial charge on any atom is -0.242 e. The van der Waals surface area contributed by atoms with E-state index in [1.807, 2.05) is 0 Å². The van der Waals surface area contributed by atoms with E-state index in [9.17, 15) is 0 Å². The fourth-order valence-corrected chi connectivity index (χ4v) is 10.8. The van der Waals surface area contributed by atoms with Gasteiger partial charge in [0.1, 0.15) is 0 Å². The van der Waals surface area contributed by atoms with E-state index in [0.717, 1.165) is 0 Å². The van der Waals surface area contributed by atoms with Crippen LogP contribution in [0.15, 0.2) is 121 Å². The Hall–Kier alpha value is -2.30. The third-order valence-corrected chi connectivity index (χ3v) is 12.1. The van der Waals surface area contributed by atoms with Crippen molar-refractivity contribution in [2.24, 2.45) is 0 Å². The van der Waals surface area contributed by atoms with Gasteiger partial charge in [-0.2, -0.15) is 0 Å². The minimum atomic E-state index is -0.703. The molecule has 0 amide bonds. The van der Waals surface area contributed by atoms with Gasteiger partial charge in [0.25, 0.3) is 0 Å². The lowest BCUT2D eigenvalue weighted by Crippen LogP contribution is -2.37. The van der Waals surface area contributed by atoms with Gasteiger partial charge < -0.3 is 0 Å². The van der Waals surface area contributed by atoms with Crippen LogP contribution in [-0.4, -0.2) is 10.5 Å². The molecule has 1 nitrogen and oxygen atoms in total. The standard InChI is InChI=1S/C32H37NP2/c1-3-4-5-10-19-28(2)33(34(29-20-11-6-12-21-29)30-22-13-7-14-23-30)35(31-24-15-8-16-25-31)32-26-17-9-18-27-32/h6-9,11-18,20-28H,3-5,10,19H2,1-2H3. The van der Waals surface area contributed by atoms with Crippen LogP contribution in [-0.2, 0) is 0 Å². The second-order valence-corrected chi connectivity index (χ2v) is 13.5. The van der Waals surface area contributed by atoms with Gasteiger partial charge in [0.15, 0.2) is 0 Å². The van der Waals surface area contributed by atoms with Crippen molar-refractivity contribution in [3.8, 4) is 0 Å². The van der Waals surface area contributed by atoms with Crippen molar-refractivity contribution < 1.29 is 0 Å². The molecule has 0 spiro atoms. The predicted molar refractivity (Wildman–Crippen MR) is 158 cm³/mol. The molecule has 1 unspecified atom stereocenters. The molecular weight excluding hydrogens is 460 g/mol. The van der Waals surface area contributed by atoms with Gasteiger partial charge in [0.05, 0.1) is 0 Å². The fourth-order valence-electron chi connectivity index (χ4n) is 4.51. The topological polar surface area (TPSA) is 3.24 Å². The summed E-state index contributed by atoms with van der Waals surface area (Å²) in [4.78, 5) is 0. The molecule has 3 heteroatoms. The van der Waals surface area contributed by atoms with E-state index >= 15 is 0 Å². The van der Waals surface area contributed by atoms with Gasteiger partial charge in [-0.25, -0.2) is 4.44 Å². The molecule has 0 aliphatic heterocycles. The number of benzene rings is 4. The van der Waals surface area contributed by atoms with Crippen LogP contribution in [0.2, 0.25) is 0 Å². The van der Waals surface area contributed by atoms with Crippen molar-refractivity contribution in [1.82, 2.24) is 4.44 Å². The average Bonchev–Trinajstić information content (AvgIpc) is 2.93. The van der Waals surface area contributed by atoms with Crippen molar-refractivity contribution in [1.29, 1.82) is 0 Å². The summed E-state index contributed by atoms with van der Waals surface area (Å²) in [7, 11) is -1.41. The number of nitrogens with zero attached hydrogens (tertiary/aromatic N) is 1. The summed E-state index contributed by atoms with van der Waals surface area (Å²) in [6.45, 7) is 4.76. The first-order valence-corrected chi connectivity index (χ1v) is 15.5. The van der Waals surface area contributed by atoms with Gasteiger partial charge in [-0.3, -0.25) is 0 Å². The van der Waals surface area contributed by atoms with Crippen LogP contribution in [0.3, 0.4) is 0 Å². The Balaban J connectivity index is 1.87. The van der Waals surface area contributed by atoms with E-state index < -0.39 is 16.1 Å². The van der Waals surface area contributed by atoms with E-state index in [1.54, 1.807) is 0 Å². The molecule has 0 aromatic heterocycles. The first kappa shape index (κ1) is 25.8. The number of unbranched alkanes of at least 4 members (excludes halogenated alkanes) is 3. The molecule has 4 aromatic rings. The predicted octanol–water partition coefficient (Wildman–Crippen LogP) is 7.74. The first-order chi connectivity index (χ1) is 17.3. The normalized spacial score (nSPS) is 12.4. The summed E-state index contributed by atoms with van der Waals surface area (Å²) in [6, 6.07) is 45.3. The molecule has 1 atom stereocenters. The summed E-state index contributed by atoms with van der Waals surface area (Å²) >= 11 is 0. The van der Waals surface area contributed by atoms with Crippen LogP contribution >= 0.6 is 16.1 Å². The Morgan fingerprint density at radius 3 is 1.17 bits per heavy atom. The maximum atomic E-state index is 2.91. The SMILES string of the molecule is CCCCCCC(C)N(P(c1ccccc1)c1ccccc1)P(c1ccccc1)c1ccccc1. The molecule has 0 heterocycles. The third kappa shape index (κ3) is 6.89. The second-order valence-electron chi connectivity index (χ2n) is 8.98. The first-order valence-electron chi connectivity index (χ1n) is 12.9. The van der Waals surface area contributed by atoms with Gasteiger partial charge in [-0.1, -0.05) is 154 Å². The Morgan fingerprint density at radius 1 is 0.514 bits per heavy atom. The third-order valence-electron chi connectivity index (χ3n) is 6.28. The van der Waals surface area contributed by atoms with Gasteiger partial charge in [0.2, 0.25) is 0 Å². The maximum absolute atomic E-state index is 2.91. The molecule has 0 aliphatic rings. The molecule has 0 fully saturated rings. The van der Waals surface area contributed by atoms with Crippen LogP contribution in [0, 0.1) is 0 Å². The smallest absolute Gasteiger partial charge is 0.0325 e. The van der Waals surface area contributed by atoms with E-state index in [-0.39, 0.29) is 0 Å². The lowest BCUT2D eigenvalue weighted by Gasteiger charge is -2.43. The lowest BCUT2D eigenvalue weighted by atomic mass is 10.1. The molecule has 180 valence electrons. The highest BCUT2D eigenvalue weighted by atomic mass is 31.2. The summed E-state index contributed by atoms with van der Waals surface area (Å²) < 4.78 is 2.91. The van der Waals surface area contributed by atoms with Crippen LogP contribution in [0.4, 0.5) is 0 Å². The van der Waals surface area contributed by atoms with Gasteiger partial charge >= 0.3 is 0 Å². The van der Waals surface area contributed by atoms with Crippen molar-refractivity contribution in [3.05, 3.63) is 121 Å². The summed E-state index contributed by atoms with van der Waals surface area (Å²) in [5, 5.41) is 5.70. The maximum Gasteiger partial charge on any atom is 0.0325 e. The van der Waals surface area contributed by atoms with E-state index in [1.165, 1.54) is 53.3 Å². The van der Waals surface area contributed by atoms with Gasteiger partial charge in [-0.05, 0) is 34.6 Å². The van der Waals surface area contributed by atoms with Crippen LogP contribution in [0.1, 0.15) is 46.0 Å². The van der Waals surface area contributed by atoms with Crippen molar-refractivity contribution in [2.45, 2.75) is 52.0 Å². The fraction of sp³-hybridized carbons (Fsp3) is 0.250. The highest BCUT2D eigenvalue weighted by molar-refractivity contribution is 7.84. The van der Waals surface area contributed by atoms with E-state index in [2.05, 4.69) is 140 Å². The summed E-state index contributed by atoms with van der Waals surface area (Å²) in [6.07, 6.45) is 6.42. The summed E-state index contributed by atoms with van der Waals surface area (Å²) in [5.41, 5.74) is 0. The largest absolute Gasteiger partial charge is 0.242 e. The molecular formula is C32H37NP2. The lowest BCUT2D eigenvalue weighted by molar-refractivity contribution is 0.468. The highest BCUT2D eigenvalue weighted by Crippen LogP contribution is 2.56. The zero-order chi connectivity index (χ0) is 24.3. The van der Waals surface area contributed by atoms with Crippen molar-refractivity contribution >= 4 is 37.4 Å². The monoisotopic (exact) mass is 497 g/mol. The van der Waals surface area contributed by atoms with Crippen LogP contribution in [0.25, 0.3) is 0 Å². The molecule has 0 N–H and O–H groups in total. The highest BCUT2D eigenvalue weighted by Gasteiger charge is 2.34. The van der Waals surface area contributed by atoms with E-state index in [4.69, 9.17) is 0 Å². The molecule has 0 bridgehead atoms. The van der Waals surface area contributed by atoms with Crippen molar-refractivity contribution in [2.75, 3.05) is 0 Å². The Bertz CT molecular complexity index is 941. The van der Waals surface area contributed by atoms with Crippen LogP contribution in [0.5, 0.6) is 0 Å².